The summed E-state index contributed by atoms with van der Waals surface area (Å²) in [4.78, 5) is 7.03. The van der Waals surface area contributed by atoms with Gasteiger partial charge in [-0.2, -0.15) is 16.7 Å². The van der Waals surface area contributed by atoms with E-state index in [2.05, 4.69) is 34.3 Å². The van der Waals surface area contributed by atoms with Gasteiger partial charge in [-0.1, -0.05) is 6.42 Å². The number of thioether (sulfide) groups is 1. The molecular weight excluding hydrogens is 258 g/mol. The smallest absolute Gasteiger partial charge is 0.244 e. The molecule has 1 aromatic heterocycles. The molecule has 2 N–H and O–H groups in total. The largest absolute Gasteiger partial charge is 0.336 e. The summed E-state index contributed by atoms with van der Waals surface area (Å²) in [6.07, 6.45) is 3.89. The molecule has 0 aliphatic carbocycles. The van der Waals surface area contributed by atoms with Crippen molar-refractivity contribution in [2.45, 2.75) is 50.4 Å². The van der Waals surface area contributed by atoms with Crippen LogP contribution in [0, 0.1) is 0 Å². The summed E-state index contributed by atoms with van der Waals surface area (Å²) in [5.41, 5.74) is 0. The molecule has 3 unspecified atom stereocenters. The van der Waals surface area contributed by atoms with Crippen LogP contribution in [0.5, 0.6) is 0 Å². The molecule has 0 saturated carbocycles. The van der Waals surface area contributed by atoms with Crippen LogP contribution >= 0.6 is 11.8 Å². The van der Waals surface area contributed by atoms with Gasteiger partial charge in [0.1, 0.15) is 5.82 Å². The van der Waals surface area contributed by atoms with E-state index in [-0.39, 0.29) is 0 Å². The molecule has 3 heterocycles. The molecular formula is C13H23N5S. The highest BCUT2D eigenvalue weighted by Gasteiger charge is 2.25. The van der Waals surface area contributed by atoms with Gasteiger partial charge in [0.05, 0.1) is 5.25 Å². The van der Waals surface area contributed by atoms with E-state index in [0.29, 0.717) is 17.3 Å². The number of aromatic nitrogens is 3. The summed E-state index contributed by atoms with van der Waals surface area (Å²) in [5, 5.41) is 11.6. The fourth-order valence-corrected chi connectivity index (χ4v) is 4.25. The Morgan fingerprint density at radius 2 is 2.00 bits per heavy atom. The number of nitrogens with one attached hydrogen (secondary N) is 2. The molecule has 1 aromatic rings. The number of hydrogen-bond donors (Lipinski definition) is 2. The van der Waals surface area contributed by atoms with Gasteiger partial charge in [-0.25, -0.2) is 0 Å². The van der Waals surface area contributed by atoms with Gasteiger partial charge in [0, 0.05) is 25.2 Å². The summed E-state index contributed by atoms with van der Waals surface area (Å²) in [7, 11) is 0. The molecule has 0 spiro atoms. The number of rotatable bonds is 2. The lowest BCUT2D eigenvalue weighted by Crippen LogP contribution is -2.54. The third-order valence-electron chi connectivity index (χ3n) is 3.82. The number of anilines is 1. The van der Waals surface area contributed by atoms with Gasteiger partial charge in [-0.3, -0.25) is 5.10 Å². The second-order valence-electron chi connectivity index (χ2n) is 5.75. The quantitative estimate of drug-likeness (QED) is 0.868. The van der Waals surface area contributed by atoms with Gasteiger partial charge in [-0.05, 0) is 32.4 Å². The molecule has 0 bridgehead atoms. The third kappa shape index (κ3) is 3.05. The summed E-state index contributed by atoms with van der Waals surface area (Å²) >= 11 is 2.01. The van der Waals surface area contributed by atoms with Crippen LogP contribution in [0.2, 0.25) is 0 Å². The molecule has 2 aliphatic heterocycles. The molecule has 3 atom stereocenters. The predicted molar refractivity (Wildman–Crippen MR) is 79.7 cm³/mol. The Balaban J connectivity index is 1.69. The van der Waals surface area contributed by atoms with Crippen LogP contribution in [0.25, 0.3) is 0 Å². The van der Waals surface area contributed by atoms with Crippen molar-refractivity contribution in [3.63, 3.8) is 0 Å². The van der Waals surface area contributed by atoms with Gasteiger partial charge in [0.2, 0.25) is 5.95 Å². The molecule has 0 radical (unpaired) electrons. The van der Waals surface area contributed by atoms with Crippen LogP contribution in [0.3, 0.4) is 0 Å². The minimum Gasteiger partial charge on any atom is -0.336 e. The SMILES string of the molecule is CC1CN(c2n[nH]c(C3CCCCS3)n2)CC(C)N1. The highest BCUT2D eigenvalue weighted by molar-refractivity contribution is 7.99. The van der Waals surface area contributed by atoms with Crippen molar-refractivity contribution in [1.29, 1.82) is 0 Å². The lowest BCUT2D eigenvalue weighted by molar-refractivity contribution is 0.403. The number of aromatic amines is 1. The first-order chi connectivity index (χ1) is 9.22. The number of hydrogen-bond acceptors (Lipinski definition) is 5. The van der Waals surface area contributed by atoms with Crippen LogP contribution in [-0.2, 0) is 0 Å². The topological polar surface area (TPSA) is 56.8 Å². The summed E-state index contributed by atoms with van der Waals surface area (Å²) < 4.78 is 0. The number of H-pyrrole nitrogens is 1. The van der Waals surface area contributed by atoms with E-state index < -0.39 is 0 Å². The first-order valence-corrected chi connectivity index (χ1v) is 8.32. The van der Waals surface area contributed by atoms with Crippen LogP contribution in [0.15, 0.2) is 0 Å². The molecule has 2 aliphatic rings. The maximum absolute atomic E-state index is 4.74. The highest BCUT2D eigenvalue weighted by Crippen LogP contribution is 2.36. The van der Waals surface area contributed by atoms with Gasteiger partial charge in [-0.15, -0.1) is 5.10 Å². The molecule has 3 rings (SSSR count). The Morgan fingerprint density at radius 3 is 2.68 bits per heavy atom. The molecule has 2 saturated heterocycles. The average molecular weight is 281 g/mol. The zero-order valence-electron chi connectivity index (χ0n) is 11.7. The van der Waals surface area contributed by atoms with Crippen LogP contribution in [0.4, 0.5) is 5.95 Å². The highest BCUT2D eigenvalue weighted by atomic mass is 32.2. The maximum atomic E-state index is 4.74. The first kappa shape index (κ1) is 13.2. The number of piperazine rings is 1. The standard InChI is InChI=1S/C13H23N5S/c1-9-7-18(8-10(2)14-9)13-15-12(16-17-13)11-5-3-4-6-19-11/h9-11,14H,3-8H2,1-2H3,(H,15,16,17). The lowest BCUT2D eigenvalue weighted by atomic mass is 10.1. The Morgan fingerprint density at radius 1 is 1.21 bits per heavy atom. The molecule has 6 heteroatoms. The lowest BCUT2D eigenvalue weighted by Gasteiger charge is -2.35. The predicted octanol–water partition coefficient (Wildman–Crippen LogP) is 1.95. The van der Waals surface area contributed by atoms with Crippen molar-refractivity contribution < 1.29 is 0 Å². The molecule has 2 fully saturated rings. The Bertz CT molecular complexity index is 405. The Labute approximate surface area is 118 Å². The van der Waals surface area contributed by atoms with Crippen molar-refractivity contribution in [2.24, 2.45) is 0 Å². The fraction of sp³-hybridized carbons (Fsp3) is 0.846. The fourth-order valence-electron chi connectivity index (χ4n) is 3.00. The second kappa shape index (κ2) is 5.71. The van der Waals surface area contributed by atoms with Crippen molar-refractivity contribution in [2.75, 3.05) is 23.7 Å². The molecule has 0 aromatic carbocycles. The van der Waals surface area contributed by atoms with Gasteiger partial charge in [0.25, 0.3) is 0 Å². The van der Waals surface area contributed by atoms with Crippen LogP contribution in [-0.4, -0.2) is 46.1 Å². The van der Waals surface area contributed by atoms with E-state index in [4.69, 9.17) is 4.98 Å². The van der Waals surface area contributed by atoms with Crippen molar-refractivity contribution in [1.82, 2.24) is 20.5 Å². The van der Waals surface area contributed by atoms with E-state index in [1.807, 2.05) is 11.8 Å². The normalized spacial score (nSPS) is 32.5. The Kier molecular flexibility index (Phi) is 3.98. The minimum absolute atomic E-state index is 0.495. The second-order valence-corrected chi connectivity index (χ2v) is 7.06. The minimum atomic E-state index is 0.495. The van der Waals surface area contributed by atoms with Gasteiger partial charge in [0.15, 0.2) is 0 Å². The van der Waals surface area contributed by atoms with E-state index in [1.165, 1.54) is 25.0 Å². The molecule has 106 valence electrons. The zero-order valence-corrected chi connectivity index (χ0v) is 12.5. The first-order valence-electron chi connectivity index (χ1n) is 7.27. The van der Waals surface area contributed by atoms with E-state index in [1.54, 1.807) is 0 Å². The van der Waals surface area contributed by atoms with Crippen molar-refractivity contribution >= 4 is 17.7 Å². The van der Waals surface area contributed by atoms with Crippen LogP contribution < -0.4 is 10.2 Å². The Hall–Kier alpha value is -0.750. The van der Waals surface area contributed by atoms with E-state index >= 15 is 0 Å². The molecule has 19 heavy (non-hydrogen) atoms. The summed E-state index contributed by atoms with van der Waals surface area (Å²) in [6.45, 7) is 6.40. The maximum Gasteiger partial charge on any atom is 0.244 e. The summed E-state index contributed by atoms with van der Waals surface area (Å²) in [5.74, 6) is 3.20. The zero-order chi connectivity index (χ0) is 13.2. The third-order valence-corrected chi connectivity index (χ3v) is 5.20. The monoisotopic (exact) mass is 281 g/mol. The molecule has 0 amide bonds. The number of nitrogens with zero attached hydrogens (tertiary/aromatic N) is 3. The molecule has 5 nitrogen and oxygen atoms in total. The average Bonchev–Trinajstić information content (AvgIpc) is 2.88. The van der Waals surface area contributed by atoms with Crippen molar-refractivity contribution in [3.8, 4) is 0 Å². The van der Waals surface area contributed by atoms with Crippen LogP contribution in [0.1, 0.15) is 44.2 Å². The van der Waals surface area contributed by atoms with Gasteiger partial charge < -0.3 is 10.2 Å². The summed E-state index contributed by atoms with van der Waals surface area (Å²) in [6, 6.07) is 0.990. The van der Waals surface area contributed by atoms with E-state index in [0.717, 1.165) is 24.9 Å². The van der Waals surface area contributed by atoms with Gasteiger partial charge >= 0.3 is 0 Å². The van der Waals surface area contributed by atoms with E-state index in [9.17, 15) is 0 Å². The van der Waals surface area contributed by atoms with Crippen molar-refractivity contribution in [3.05, 3.63) is 5.82 Å².